The molecule has 0 aliphatic rings. The van der Waals surface area contributed by atoms with Crippen molar-refractivity contribution in [3.8, 4) is 0 Å². The predicted octanol–water partition coefficient (Wildman–Crippen LogP) is 4.42. The van der Waals surface area contributed by atoms with Gasteiger partial charge in [-0.1, -0.05) is 103 Å². The third-order valence-corrected chi connectivity index (χ3v) is 7.99. The molecule has 0 saturated carbocycles. The molecule has 0 spiro atoms. The Balaban J connectivity index is 0. The quantitative estimate of drug-likeness (QED) is 0.0646. The molecule has 0 radical (unpaired) electrons. The summed E-state index contributed by atoms with van der Waals surface area (Å²) in [5.41, 5.74) is -1.11. The molecule has 0 aromatic rings. The Morgan fingerprint density at radius 1 is 0.556 bits per heavy atom. The van der Waals surface area contributed by atoms with Crippen LogP contribution in [0.1, 0.15) is 110 Å². The lowest BCUT2D eigenvalue weighted by atomic mass is 9.93. The average molecular weight is 567 g/mol. The van der Waals surface area contributed by atoms with Crippen LogP contribution in [-0.4, -0.2) is 68.1 Å². The molecule has 0 bridgehead atoms. The maximum atomic E-state index is 11.2. The van der Waals surface area contributed by atoms with Crippen LogP contribution in [0.15, 0.2) is 0 Å². The fraction of sp³-hybridized carbons (Fsp3) is 1.00. The van der Waals surface area contributed by atoms with Crippen LogP contribution in [0.3, 0.4) is 0 Å². The largest absolute Gasteiger partial charge is 0.481 e. The van der Waals surface area contributed by atoms with E-state index in [-0.39, 0.29) is 6.61 Å². The molecule has 0 fully saturated rings. The molecule has 1 atom stereocenters. The van der Waals surface area contributed by atoms with Crippen LogP contribution in [-0.2, 0) is 18.0 Å². The van der Waals surface area contributed by atoms with Gasteiger partial charge in [-0.3, -0.25) is 4.52 Å². The second kappa shape index (κ2) is 24.2. The van der Waals surface area contributed by atoms with Crippen molar-refractivity contribution in [2.45, 2.75) is 110 Å². The van der Waals surface area contributed by atoms with E-state index in [9.17, 15) is 9.13 Å². The lowest BCUT2D eigenvalue weighted by Crippen LogP contribution is -2.37. The monoisotopic (exact) mass is 566 g/mol. The number of unbranched alkanes of at least 4 members (excludes halogenated alkanes) is 15. The van der Waals surface area contributed by atoms with Gasteiger partial charge in [0, 0.05) is 0 Å². The van der Waals surface area contributed by atoms with Crippen LogP contribution in [0.4, 0.5) is 0 Å². The molecular weight excluding hydrogens is 514 g/mol. The summed E-state index contributed by atoms with van der Waals surface area (Å²) in [6.45, 7) is 0.574. The van der Waals surface area contributed by atoms with Crippen molar-refractivity contribution < 1.29 is 53.1 Å². The highest BCUT2D eigenvalue weighted by atomic mass is 31.3. The van der Waals surface area contributed by atoms with Crippen LogP contribution < -0.4 is 0 Å². The molecule has 0 aliphatic carbocycles. The van der Waals surface area contributed by atoms with Crippen LogP contribution in [0.25, 0.3) is 0 Å². The molecule has 0 saturated heterocycles. The topological polar surface area (TPSA) is 194 Å². The van der Waals surface area contributed by atoms with Gasteiger partial charge in [0.25, 0.3) is 0 Å². The van der Waals surface area contributed by atoms with Gasteiger partial charge in [-0.15, -0.1) is 0 Å². The molecule has 0 heterocycles. The summed E-state index contributed by atoms with van der Waals surface area (Å²) in [6.07, 6.45) is 19.6. The standard InChI is InChI=1S/C18H40O7P2.C5H12O4/c1-2-3-4-5-6-7-8-9-10-11-12-13-14-15-16-17-18-24-27(22,23)25-26(19,20)21;6-1-5(2-7,3-8)4-9/h2-18H2,1H3,(H,22,23)(H2,19,20,21);6-9H,1-4H2. The van der Waals surface area contributed by atoms with Crippen molar-refractivity contribution >= 4 is 15.6 Å². The minimum Gasteiger partial charge on any atom is -0.396 e. The fourth-order valence-corrected chi connectivity index (χ4v) is 4.91. The van der Waals surface area contributed by atoms with Gasteiger partial charge < -0.3 is 35.1 Å². The molecule has 0 aromatic heterocycles. The number of hydrogen-bond donors (Lipinski definition) is 7. The molecule has 0 aromatic carbocycles. The molecule has 1 unspecified atom stereocenters. The Labute approximate surface area is 217 Å². The Kier molecular flexibility index (Phi) is 25.7. The summed E-state index contributed by atoms with van der Waals surface area (Å²) in [6, 6.07) is 0. The van der Waals surface area contributed by atoms with Crippen LogP contribution >= 0.6 is 15.6 Å². The molecule has 13 heteroatoms. The first-order valence-corrected chi connectivity index (χ1v) is 16.2. The van der Waals surface area contributed by atoms with E-state index in [1.807, 2.05) is 0 Å². The summed E-state index contributed by atoms with van der Waals surface area (Å²) >= 11 is 0. The first-order valence-electron chi connectivity index (χ1n) is 13.2. The van der Waals surface area contributed by atoms with Gasteiger partial charge in [-0.2, -0.15) is 4.31 Å². The Morgan fingerprint density at radius 3 is 1.11 bits per heavy atom. The molecule has 7 N–H and O–H groups in total. The van der Waals surface area contributed by atoms with E-state index in [1.165, 1.54) is 77.0 Å². The predicted molar refractivity (Wildman–Crippen MR) is 139 cm³/mol. The van der Waals surface area contributed by atoms with Crippen molar-refractivity contribution in [3.05, 3.63) is 0 Å². The van der Waals surface area contributed by atoms with Crippen LogP contribution in [0.5, 0.6) is 0 Å². The number of phosphoric ester groups is 1. The van der Waals surface area contributed by atoms with Crippen molar-refractivity contribution in [2.24, 2.45) is 5.41 Å². The third-order valence-electron chi connectivity index (χ3n) is 5.80. The van der Waals surface area contributed by atoms with E-state index >= 15 is 0 Å². The van der Waals surface area contributed by atoms with E-state index in [0.717, 1.165) is 19.3 Å². The first-order chi connectivity index (χ1) is 17.0. The number of phosphoric acid groups is 2. The maximum absolute atomic E-state index is 11.2. The normalized spacial score (nSPS) is 13.8. The van der Waals surface area contributed by atoms with Crippen LogP contribution in [0, 0.1) is 5.41 Å². The van der Waals surface area contributed by atoms with Crippen molar-refractivity contribution in [1.82, 2.24) is 0 Å². The SMILES string of the molecule is CCCCCCCCCCCCCCCCCCOP(=O)(O)OP(=O)(O)O.OCC(CO)(CO)CO. The Hall–Kier alpha value is 0.100. The number of aliphatic hydroxyl groups is 4. The molecule has 0 rings (SSSR count). The van der Waals surface area contributed by atoms with E-state index in [0.29, 0.717) is 6.42 Å². The highest BCUT2D eigenvalue weighted by Crippen LogP contribution is 2.57. The molecule has 0 aliphatic heterocycles. The van der Waals surface area contributed by atoms with Gasteiger partial charge in [0.1, 0.15) is 0 Å². The zero-order valence-corrected chi connectivity index (χ0v) is 23.8. The molecular formula is C23H52O11P2. The second-order valence-corrected chi connectivity index (χ2v) is 12.1. The fourth-order valence-electron chi connectivity index (χ4n) is 3.29. The van der Waals surface area contributed by atoms with Gasteiger partial charge in [-0.25, -0.2) is 9.13 Å². The summed E-state index contributed by atoms with van der Waals surface area (Å²) in [5, 5.41) is 34.0. The number of hydrogen-bond acceptors (Lipinski definition) is 8. The van der Waals surface area contributed by atoms with E-state index in [2.05, 4.69) is 15.8 Å². The maximum Gasteiger partial charge on any atom is 0.481 e. The van der Waals surface area contributed by atoms with E-state index in [1.54, 1.807) is 0 Å². The zero-order valence-electron chi connectivity index (χ0n) is 22.0. The van der Waals surface area contributed by atoms with Crippen molar-refractivity contribution in [1.29, 1.82) is 0 Å². The highest BCUT2D eigenvalue weighted by molar-refractivity contribution is 7.60. The minimum absolute atomic E-state index is 0.0494. The Morgan fingerprint density at radius 2 is 0.861 bits per heavy atom. The summed E-state index contributed by atoms with van der Waals surface area (Å²) < 4.78 is 29.9. The van der Waals surface area contributed by atoms with Gasteiger partial charge >= 0.3 is 15.6 Å². The third kappa shape index (κ3) is 25.7. The smallest absolute Gasteiger partial charge is 0.396 e. The molecule has 36 heavy (non-hydrogen) atoms. The van der Waals surface area contributed by atoms with Gasteiger partial charge in [0.05, 0.1) is 38.4 Å². The minimum atomic E-state index is -5.02. The summed E-state index contributed by atoms with van der Waals surface area (Å²) in [5.74, 6) is 0. The first kappa shape index (κ1) is 38.2. The number of aliphatic hydroxyl groups excluding tert-OH is 4. The Bertz CT molecular complexity index is 551. The van der Waals surface area contributed by atoms with Gasteiger partial charge in [-0.05, 0) is 6.42 Å². The van der Waals surface area contributed by atoms with Gasteiger partial charge in [0.15, 0.2) is 0 Å². The zero-order chi connectivity index (χ0) is 27.8. The molecule has 0 amide bonds. The lowest BCUT2D eigenvalue weighted by Gasteiger charge is -2.23. The second-order valence-electron chi connectivity index (χ2n) is 9.31. The van der Waals surface area contributed by atoms with Crippen molar-refractivity contribution in [2.75, 3.05) is 33.0 Å². The van der Waals surface area contributed by atoms with Crippen molar-refractivity contribution in [3.63, 3.8) is 0 Å². The van der Waals surface area contributed by atoms with E-state index in [4.69, 9.17) is 35.1 Å². The van der Waals surface area contributed by atoms with Gasteiger partial charge in [0.2, 0.25) is 0 Å². The number of rotatable bonds is 24. The summed E-state index contributed by atoms with van der Waals surface area (Å²) in [4.78, 5) is 26.0. The molecule has 11 nitrogen and oxygen atoms in total. The van der Waals surface area contributed by atoms with E-state index < -0.39 is 47.5 Å². The average Bonchev–Trinajstić information content (AvgIpc) is 2.82. The molecule has 220 valence electrons. The van der Waals surface area contributed by atoms with Crippen LogP contribution in [0.2, 0.25) is 0 Å². The highest BCUT2D eigenvalue weighted by Gasteiger charge is 2.32. The summed E-state index contributed by atoms with van der Waals surface area (Å²) in [7, 11) is -9.68. The lowest BCUT2D eigenvalue weighted by molar-refractivity contribution is -0.0328.